The van der Waals surface area contributed by atoms with Gasteiger partial charge >= 0.3 is 0 Å². The quantitative estimate of drug-likeness (QED) is 0.808. The molecule has 21 heavy (non-hydrogen) atoms. The Hall–Kier alpha value is -1.43. The van der Waals surface area contributed by atoms with Crippen LogP contribution in [0, 0.1) is 5.92 Å². The Labute approximate surface area is 126 Å². The number of likely N-dealkylation sites (N-methyl/N-ethyl adjacent to an activating group) is 1. The number of primary amides is 1. The van der Waals surface area contributed by atoms with E-state index in [1.54, 1.807) is 0 Å². The maximum Gasteiger partial charge on any atom is 0.243 e. The predicted molar refractivity (Wildman–Crippen MR) is 82.5 cm³/mol. The van der Waals surface area contributed by atoms with Gasteiger partial charge in [-0.1, -0.05) is 30.3 Å². The largest absolute Gasteiger partial charge is 0.381 e. The molecule has 5 heteroatoms. The van der Waals surface area contributed by atoms with Gasteiger partial charge in [-0.2, -0.15) is 0 Å². The second kappa shape index (κ2) is 7.02. The number of ether oxygens (including phenoxy) is 1. The first-order chi connectivity index (χ1) is 10.0. The molecule has 2 atom stereocenters. The molecule has 1 aromatic carbocycles. The highest BCUT2D eigenvalue weighted by atomic mass is 16.5. The maximum atomic E-state index is 11.9. The van der Waals surface area contributed by atoms with Crippen LogP contribution in [-0.4, -0.2) is 44.2 Å². The van der Waals surface area contributed by atoms with E-state index in [2.05, 4.69) is 4.90 Å². The average Bonchev–Trinajstić information content (AvgIpc) is 2.48. The fourth-order valence-electron chi connectivity index (χ4n) is 2.93. The molecule has 1 fully saturated rings. The molecule has 0 radical (unpaired) electrons. The molecule has 1 saturated heterocycles. The van der Waals surface area contributed by atoms with Crippen LogP contribution in [0.15, 0.2) is 30.3 Å². The number of rotatable bonds is 6. The molecule has 0 aliphatic carbocycles. The minimum Gasteiger partial charge on any atom is -0.381 e. The number of nitrogens with two attached hydrogens (primary N) is 2. The van der Waals surface area contributed by atoms with Gasteiger partial charge in [-0.05, 0) is 31.4 Å². The van der Waals surface area contributed by atoms with Gasteiger partial charge in [-0.25, -0.2) is 0 Å². The minimum atomic E-state index is -1.16. The maximum absolute atomic E-state index is 11.9. The van der Waals surface area contributed by atoms with Crippen molar-refractivity contribution in [1.29, 1.82) is 0 Å². The van der Waals surface area contributed by atoms with Crippen LogP contribution in [0.5, 0.6) is 0 Å². The van der Waals surface area contributed by atoms with E-state index in [1.165, 1.54) is 0 Å². The molecule has 0 saturated carbocycles. The molecule has 0 spiro atoms. The number of amides is 1. The van der Waals surface area contributed by atoms with Gasteiger partial charge in [0.2, 0.25) is 5.91 Å². The molecule has 1 aliphatic heterocycles. The van der Waals surface area contributed by atoms with E-state index < -0.39 is 11.4 Å². The van der Waals surface area contributed by atoms with Crippen LogP contribution < -0.4 is 11.5 Å². The lowest BCUT2D eigenvalue weighted by molar-refractivity contribution is -0.124. The minimum absolute atomic E-state index is 0.406. The average molecular weight is 291 g/mol. The Morgan fingerprint density at radius 2 is 2.14 bits per heavy atom. The van der Waals surface area contributed by atoms with Crippen molar-refractivity contribution in [3.8, 4) is 0 Å². The SMILES string of the molecule is CN(CC1CCCOC1)CC(N)(C(N)=O)c1ccccc1. The van der Waals surface area contributed by atoms with E-state index in [9.17, 15) is 4.79 Å². The number of carbonyl (C=O) groups excluding carboxylic acids is 1. The van der Waals surface area contributed by atoms with Gasteiger partial charge in [0.05, 0.1) is 6.61 Å². The summed E-state index contributed by atoms with van der Waals surface area (Å²) in [4.78, 5) is 14.0. The lowest BCUT2D eigenvalue weighted by Gasteiger charge is -2.34. The molecule has 1 aliphatic rings. The van der Waals surface area contributed by atoms with Crippen LogP contribution >= 0.6 is 0 Å². The van der Waals surface area contributed by atoms with Crippen molar-refractivity contribution < 1.29 is 9.53 Å². The monoisotopic (exact) mass is 291 g/mol. The highest BCUT2D eigenvalue weighted by molar-refractivity contribution is 5.86. The first-order valence-electron chi connectivity index (χ1n) is 7.43. The third kappa shape index (κ3) is 4.03. The highest BCUT2D eigenvalue weighted by Crippen LogP contribution is 2.21. The Bertz CT molecular complexity index is 460. The number of hydrogen-bond acceptors (Lipinski definition) is 4. The van der Waals surface area contributed by atoms with Gasteiger partial charge in [0.25, 0.3) is 0 Å². The van der Waals surface area contributed by atoms with Crippen molar-refractivity contribution >= 4 is 5.91 Å². The standard InChI is InChI=1S/C16H25N3O2/c1-19(10-13-6-5-9-21-11-13)12-16(18,15(17)20)14-7-3-2-4-8-14/h2-4,7-8,13H,5-6,9-12,18H2,1H3,(H2,17,20). The zero-order valence-electron chi connectivity index (χ0n) is 12.6. The first kappa shape index (κ1) is 15.9. The third-order valence-corrected chi connectivity index (χ3v) is 4.07. The number of benzene rings is 1. The van der Waals surface area contributed by atoms with E-state index in [4.69, 9.17) is 16.2 Å². The van der Waals surface area contributed by atoms with E-state index in [0.29, 0.717) is 12.5 Å². The molecule has 1 aromatic rings. The molecule has 116 valence electrons. The Balaban J connectivity index is 2.03. The van der Waals surface area contributed by atoms with Crippen LogP contribution in [0.4, 0.5) is 0 Å². The molecule has 5 nitrogen and oxygen atoms in total. The molecule has 1 amide bonds. The molecule has 4 N–H and O–H groups in total. The van der Waals surface area contributed by atoms with Crippen molar-refractivity contribution in [2.24, 2.45) is 17.4 Å². The topological polar surface area (TPSA) is 81.6 Å². The van der Waals surface area contributed by atoms with Gasteiger partial charge in [-0.15, -0.1) is 0 Å². The van der Waals surface area contributed by atoms with E-state index in [-0.39, 0.29) is 0 Å². The number of carbonyl (C=O) groups is 1. The first-order valence-corrected chi connectivity index (χ1v) is 7.43. The van der Waals surface area contributed by atoms with Crippen molar-refractivity contribution in [2.75, 3.05) is 33.4 Å². The van der Waals surface area contributed by atoms with E-state index in [0.717, 1.165) is 38.2 Å². The Kier molecular flexibility index (Phi) is 5.33. The van der Waals surface area contributed by atoms with Crippen molar-refractivity contribution in [1.82, 2.24) is 4.90 Å². The second-order valence-electron chi connectivity index (χ2n) is 5.98. The molecular weight excluding hydrogens is 266 g/mol. The summed E-state index contributed by atoms with van der Waals surface area (Å²) in [6.45, 7) is 2.90. The summed E-state index contributed by atoms with van der Waals surface area (Å²) in [5.74, 6) is -0.00269. The van der Waals surface area contributed by atoms with Crippen molar-refractivity contribution in [3.63, 3.8) is 0 Å². The van der Waals surface area contributed by atoms with Crippen molar-refractivity contribution in [2.45, 2.75) is 18.4 Å². The molecule has 2 rings (SSSR count). The lowest BCUT2D eigenvalue weighted by atomic mass is 9.89. The Morgan fingerprint density at radius 3 is 2.71 bits per heavy atom. The molecule has 1 heterocycles. The fourth-order valence-corrected chi connectivity index (χ4v) is 2.93. The molecule has 2 unspecified atom stereocenters. The summed E-state index contributed by atoms with van der Waals surface area (Å²) in [6.07, 6.45) is 2.25. The van der Waals surface area contributed by atoms with Crippen LogP contribution in [0.2, 0.25) is 0 Å². The zero-order chi connectivity index (χ0) is 15.3. The second-order valence-corrected chi connectivity index (χ2v) is 5.98. The van der Waals surface area contributed by atoms with Crippen LogP contribution in [0.1, 0.15) is 18.4 Å². The third-order valence-electron chi connectivity index (χ3n) is 4.07. The number of nitrogens with zero attached hydrogens (tertiary/aromatic N) is 1. The van der Waals surface area contributed by atoms with E-state index >= 15 is 0 Å². The summed E-state index contributed by atoms with van der Waals surface area (Å²) in [7, 11) is 1.97. The summed E-state index contributed by atoms with van der Waals surface area (Å²) in [6, 6.07) is 9.34. The molecule has 0 aromatic heterocycles. The Morgan fingerprint density at radius 1 is 1.43 bits per heavy atom. The molecule has 0 bridgehead atoms. The normalized spacial score (nSPS) is 22.0. The lowest BCUT2D eigenvalue weighted by Crippen LogP contribution is -2.56. The van der Waals surface area contributed by atoms with Gasteiger partial charge in [0, 0.05) is 19.7 Å². The number of hydrogen-bond donors (Lipinski definition) is 2. The predicted octanol–water partition coefficient (Wildman–Crippen LogP) is 0.684. The van der Waals surface area contributed by atoms with Gasteiger partial charge in [0.1, 0.15) is 5.54 Å². The summed E-state index contributed by atoms with van der Waals surface area (Å²) < 4.78 is 5.50. The highest BCUT2D eigenvalue weighted by Gasteiger charge is 2.35. The van der Waals surface area contributed by atoms with Crippen molar-refractivity contribution in [3.05, 3.63) is 35.9 Å². The van der Waals surface area contributed by atoms with Crippen LogP contribution in [0.3, 0.4) is 0 Å². The van der Waals surface area contributed by atoms with Gasteiger partial charge < -0.3 is 21.1 Å². The van der Waals surface area contributed by atoms with Crippen LogP contribution in [0.25, 0.3) is 0 Å². The summed E-state index contributed by atoms with van der Waals surface area (Å²) in [5, 5.41) is 0. The molecular formula is C16H25N3O2. The van der Waals surface area contributed by atoms with Gasteiger partial charge in [0.15, 0.2) is 0 Å². The summed E-state index contributed by atoms with van der Waals surface area (Å²) in [5.41, 5.74) is 11.5. The van der Waals surface area contributed by atoms with Crippen LogP contribution in [-0.2, 0) is 15.1 Å². The van der Waals surface area contributed by atoms with E-state index in [1.807, 2.05) is 37.4 Å². The smallest absolute Gasteiger partial charge is 0.243 e. The van der Waals surface area contributed by atoms with Gasteiger partial charge in [-0.3, -0.25) is 4.79 Å². The zero-order valence-corrected chi connectivity index (χ0v) is 12.6. The summed E-state index contributed by atoms with van der Waals surface area (Å²) >= 11 is 0. The fraction of sp³-hybridized carbons (Fsp3) is 0.562.